The second kappa shape index (κ2) is 15.3. The van der Waals surface area contributed by atoms with Crippen LogP contribution in [0.25, 0.3) is 0 Å². The van der Waals surface area contributed by atoms with Crippen molar-refractivity contribution in [1.82, 2.24) is 15.1 Å². The van der Waals surface area contributed by atoms with Crippen LogP contribution >= 0.6 is 0 Å². The third-order valence-electron chi connectivity index (χ3n) is 12.5. The van der Waals surface area contributed by atoms with Gasteiger partial charge in [0.15, 0.2) is 0 Å². The Balaban J connectivity index is 1.12. The average molecular weight is 796 g/mol. The van der Waals surface area contributed by atoms with Crippen LogP contribution in [-0.2, 0) is 34.7 Å². The van der Waals surface area contributed by atoms with Crippen LogP contribution in [0, 0.1) is 30.1 Å². The number of benzene rings is 1. The summed E-state index contributed by atoms with van der Waals surface area (Å²) in [5.74, 6) is 0.434. The number of carbonyl (C=O) groups is 4. The highest BCUT2D eigenvalue weighted by Crippen LogP contribution is 2.65. The molecule has 2 unspecified atom stereocenters. The summed E-state index contributed by atoms with van der Waals surface area (Å²) in [4.78, 5) is 56.8. The van der Waals surface area contributed by atoms with Gasteiger partial charge in [0.25, 0.3) is 0 Å². The van der Waals surface area contributed by atoms with Gasteiger partial charge in [-0.2, -0.15) is 0 Å². The Hall–Kier alpha value is -3.52. The molecular weight excluding hydrogens is 729 g/mol. The number of hydrogen-bond donors (Lipinski definition) is 1. The summed E-state index contributed by atoms with van der Waals surface area (Å²) < 4.78 is 36.6. The molecule has 1 aromatic carbocycles. The van der Waals surface area contributed by atoms with Crippen LogP contribution < -0.4 is 10.1 Å². The van der Waals surface area contributed by atoms with Crippen molar-refractivity contribution in [1.29, 1.82) is 0 Å². The molecule has 57 heavy (non-hydrogen) atoms. The van der Waals surface area contributed by atoms with E-state index in [0.717, 1.165) is 17.5 Å². The molecule has 3 amide bonds. The topological polar surface area (TPSA) is 142 Å². The summed E-state index contributed by atoms with van der Waals surface area (Å²) in [6.07, 6.45) is 2.58. The largest absolute Gasteiger partial charge is 0.486 e. The van der Waals surface area contributed by atoms with Crippen molar-refractivity contribution >= 4 is 31.2 Å². The van der Waals surface area contributed by atoms with Gasteiger partial charge in [0, 0.05) is 19.0 Å². The van der Waals surface area contributed by atoms with E-state index in [-0.39, 0.29) is 55.7 Å². The molecule has 1 N–H and O–H groups in total. The molecule has 0 aromatic heterocycles. The molecule has 3 aliphatic carbocycles. The fraction of sp³-hybridized carbons (Fsp3) is 0.767. The number of rotatable bonds is 9. The van der Waals surface area contributed by atoms with Gasteiger partial charge in [0.2, 0.25) is 5.91 Å². The zero-order valence-corrected chi connectivity index (χ0v) is 36.5. The quantitative estimate of drug-likeness (QED) is 0.158. The van der Waals surface area contributed by atoms with Gasteiger partial charge in [0.05, 0.1) is 24.8 Å². The van der Waals surface area contributed by atoms with E-state index in [0.29, 0.717) is 48.9 Å². The predicted octanol–water partition coefficient (Wildman–Crippen LogP) is 6.96. The van der Waals surface area contributed by atoms with Gasteiger partial charge in [-0.1, -0.05) is 19.9 Å². The van der Waals surface area contributed by atoms with Crippen molar-refractivity contribution in [2.24, 2.45) is 23.2 Å². The summed E-state index contributed by atoms with van der Waals surface area (Å²) in [6.45, 7) is 26.2. The van der Waals surface area contributed by atoms with Crippen LogP contribution in [0.2, 0.25) is 6.32 Å². The summed E-state index contributed by atoms with van der Waals surface area (Å²) in [5.41, 5.74) is -0.0454. The van der Waals surface area contributed by atoms with Crippen molar-refractivity contribution in [3.63, 3.8) is 0 Å². The maximum Gasteiger partial charge on any atom is 0.457 e. The van der Waals surface area contributed by atoms with E-state index in [9.17, 15) is 19.2 Å². The van der Waals surface area contributed by atoms with Gasteiger partial charge < -0.3 is 43.4 Å². The zero-order valence-electron chi connectivity index (χ0n) is 36.5. The number of carbonyl (C=O) groups excluding carboxylic acids is 4. The maximum absolute atomic E-state index is 14.1. The fourth-order valence-corrected chi connectivity index (χ4v) is 9.47. The number of alkyl carbamates (subject to hydrolysis) is 1. The summed E-state index contributed by atoms with van der Waals surface area (Å²) in [6, 6.07) is 2.88. The van der Waals surface area contributed by atoms with E-state index < -0.39 is 47.1 Å². The molecule has 1 aromatic rings. The first-order chi connectivity index (χ1) is 26.2. The molecule has 6 fully saturated rings. The molecule has 3 aliphatic heterocycles. The molecule has 316 valence electrons. The van der Waals surface area contributed by atoms with Crippen LogP contribution in [0.4, 0.5) is 9.59 Å². The third-order valence-corrected chi connectivity index (χ3v) is 12.5. The summed E-state index contributed by atoms with van der Waals surface area (Å²) >= 11 is 0. The van der Waals surface area contributed by atoms with Crippen LogP contribution in [0.5, 0.6) is 5.75 Å². The van der Waals surface area contributed by atoms with Crippen LogP contribution in [0.1, 0.15) is 124 Å². The van der Waals surface area contributed by atoms with Crippen molar-refractivity contribution in [2.45, 2.75) is 163 Å². The Bertz CT molecular complexity index is 1720. The number of ether oxygens (including phenoxy) is 4. The smallest absolute Gasteiger partial charge is 0.457 e. The number of hydrogen-bond acceptors (Lipinski definition) is 10. The predicted molar refractivity (Wildman–Crippen MR) is 215 cm³/mol. The molecule has 3 heterocycles. The lowest BCUT2D eigenvalue weighted by molar-refractivity contribution is -0.199. The number of nitrogens with zero attached hydrogens (tertiary/aromatic N) is 2. The Morgan fingerprint density at radius 3 is 2.16 bits per heavy atom. The van der Waals surface area contributed by atoms with Gasteiger partial charge in [-0.15, -0.1) is 0 Å². The van der Waals surface area contributed by atoms with Crippen LogP contribution in [0.3, 0.4) is 0 Å². The van der Waals surface area contributed by atoms with Crippen molar-refractivity contribution in [3.05, 3.63) is 28.8 Å². The highest BCUT2D eigenvalue weighted by Gasteiger charge is 2.67. The Morgan fingerprint density at radius 2 is 1.54 bits per heavy atom. The van der Waals surface area contributed by atoms with Gasteiger partial charge in [-0.3, -0.25) is 4.79 Å². The van der Waals surface area contributed by atoms with Crippen molar-refractivity contribution < 1.29 is 47.4 Å². The van der Waals surface area contributed by atoms with Crippen molar-refractivity contribution in [2.75, 3.05) is 26.2 Å². The van der Waals surface area contributed by atoms with E-state index in [2.05, 4.69) is 26.1 Å². The minimum atomic E-state index is -0.927. The molecule has 0 radical (unpaired) electrons. The first-order valence-corrected chi connectivity index (χ1v) is 20.9. The standard InChI is InChI=1S/C43H66BN3O10/c1-25-26(16-18-44-56-32-21-28-20-31(42(28,11)12)43(32,13)57-44)14-15-30(33(25)36(49)53-39(2,3)4)52-29-23-47(24-29)35(48)34(45-37(50)54-40(5,6)7)27-17-19-46(22-27)38(51)55-41(8,9)10/h14-15,27-29,31-32,34H,16-24H2,1-13H3,(H,45,50)/t27?,28-,31-,32+,34?,43-/m0/s1. The van der Waals surface area contributed by atoms with Gasteiger partial charge in [-0.05, 0) is 143 Å². The Morgan fingerprint density at radius 1 is 0.895 bits per heavy atom. The number of likely N-dealkylation sites (tertiary alicyclic amines) is 2. The second-order valence-corrected chi connectivity index (χ2v) is 20.7. The molecule has 6 atom stereocenters. The lowest BCUT2D eigenvalue weighted by atomic mass is 9.43. The number of nitrogens with one attached hydrogen (secondary N) is 1. The van der Waals surface area contributed by atoms with Crippen molar-refractivity contribution in [3.8, 4) is 5.75 Å². The lowest BCUT2D eigenvalue weighted by Gasteiger charge is -2.64. The minimum absolute atomic E-state index is 0.107. The molecule has 0 spiro atoms. The monoisotopic (exact) mass is 795 g/mol. The highest BCUT2D eigenvalue weighted by atomic mass is 16.7. The molecular formula is C43H66BN3O10. The van der Waals surface area contributed by atoms with Gasteiger partial charge in [0.1, 0.15) is 40.3 Å². The third kappa shape index (κ3) is 9.37. The molecule has 2 bridgehead atoms. The van der Waals surface area contributed by atoms with Gasteiger partial charge in [-0.25, -0.2) is 14.4 Å². The van der Waals surface area contributed by atoms with E-state index in [1.807, 2.05) is 39.8 Å². The molecule has 14 heteroatoms. The molecule has 13 nitrogen and oxygen atoms in total. The van der Waals surface area contributed by atoms with E-state index in [1.54, 1.807) is 51.3 Å². The van der Waals surface area contributed by atoms with Crippen LogP contribution in [0.15, 0.2) is 12.1 Å². The van der Waals surface area contributed by atoms with Crippen LogP contribution in [-0.4, -0.2) is 108 Å². The van der Waals surface area contributed by atoms with E-state index >= 15 is 0 Å². The zero-order chi connectivity index (χ0) is 42.0. The first kappa shape index (κ1) is 43.1. The fourth-order valence-electron chi connectivity index (χ4n) is 9.47. The molecule has 7 rings (SSSR count). The summed E-state index contributed by atoms with van der Waals surface area (Å²) in [7, 11) is -0.313. The van der Waals surface area contributed by atoms with Gasteiger partial charge >= 0.3 is 25.3 Å². The Kier molecular flexibility index (Phi) is 11.5. The highest BCUT2D eigenvalue weighted by molar-refractivity contribution is 6.45. The molecule has 3 saturated heterocycles. The van der Waals surface area contributed by atoms with E-state index in [4.69, 9.17) is 28.3 Å². The lowest BCUT2D eigenvalue weighted by Crippen LogP contribution is -2.65. The van der Waals surface area contributed by atoms with E-state index in [1.165, 1.54) is 6.42 Å². The number of aryl methyl sites for hydroxylation is 1. The number of amides is 3. The minimum Gasteiger partial charge on any atom is -0.486 e. The Labute approximate surface area is 339 Å². The molecule has 3 saturated carbocycles. The summed E-state index contributed by atoms with van der Waals surface area (Å²) in [5, 5.41) is 2.80. The average Bonchev–Trinajstić information content (AvgIpc) is 3.66. The second-order valence-electron chi connectivity index (χ2n) is 20.7. The molecule has 6 aliphatic rings. The first-order valence-electron chi connectivity index (χ1n) is 20.9. The normalized spacial score (nSPS) is 27.5. The SMILES string of the molecule is Cc1c(CCB2O[C@@H]3C[C@@H]4C[C@@H](C4(C)C)[C@]3(C)O2)ccc(OC2CN(C(=O)C(NC(=O)OC(C)(C)C)C3CCN(C(=O)OC(C)(C)C)C3)C2)c1C(=O)OC(C)(C)C. The maximum atomic E-state index is 14.1. The number of esters is 1.